The lowest BCUT2D eigenvalue weighted by Crippen LogP contribution is -2.54. The van der Waals surface area contributed by atoms with E-state index >= 15 is 0 Å². The van der Waals surface area contributed by atoms with Crippen molar-refractivity contribution in [3.05, 3.63) is 59.7 Å². The van der Waals surface area contributed by atoms with Crippen molar-refractivity contribution in [2.75, 3.05) is 11.5 Å². The summed E-state index contributed by atoms with van der Waals surface area (Å²) in [7, 11) is 0. The standard InChI is InChI=1S/C21H15I2N3O4/c1-11-5-12(2)7-14(6-11)26-20(28)15(19(27)25-21(26)29)8-13-9-16(22)18(17(23)10-13)30-4-3-24/h5-10H,4H2,1-2H3,(H,25,27,29)/b15-8+. The van der Waals surface area contributed by atoms with Crippen LogP contribution < -0.4 is 15.0 Å². The van der Waals surface area contributed by atoms with Crippen LogP contribution in [0.15, 0.2) is 35.9 Å². The van der Waals surface area contributed by atoms with Gasteiger partial charge in [0.2, 0.25) is 0 Å². The average molecular weight is 627 g/mol. The molecule has 2 aromatic rings. The molecule has 1 aliphatic rings. The molecule has 0 aromatic heterocycles. The van der Waals surface area contributed by atoms with E-state index in [0.717, 1.165) is 23.2 Å². The minimum absolute atomic E-state index is 0.0830. The van der Waals surface area contributed by atoms with Gasteiger partial charge >= 0.3 is 6.03 Å². The van der Waals surface area contributed by atoms with Gasteiger partial charge in [0, 0.05) is 0 Å². The molecule has 0 bridgehead atoms. The van der Waals surface area contributed by atoms with Crippen molar-refractivity contribution in [1.82, 2.24) is 5.32 Å². The quantitative estimate of drug-likeness (QED) is 0.313. The molecule has 152 valence electrons. The fraction of sp³-hybridized carbons (Fsp3) is 0.143. The lowest BCUT2D eigenvalue weighted by atomic mass is 10.1. The van der Waals surface area contributed by atoms with Gasteiger partial charge in [0.05, 0.1) is 12.8 Å². The van der Waals surface area contributed by atoms with Gasteiger partial charge in [0.1, 0.15) is 17.4 Å². The van der Waals surface area contributed by atoms with E-state index in [1.54, 1.807) is 24.3 Å². The van der Waals surface area contributed by atoms with Gasteiger partial charge in [-0.25, -0.2) is 9.69 Å². The van der Waals surface area contributed by atoms with Crippen LogP contribution in [0.5, 0.6) is 5.75 Å². The third-order valence-corrected chi connectivity index (χ3v) is 5.78. The maximum atomic E-state index is 13.1. The zero-order valence-corrected chi connectivity index (χ0v) is 20.3. The van der Waals surface area contributed by atoms with Crippen molar-refractivity contribution in [1.29, 1.82) is 5.26 Å². The normalized spacial score (nSPS) is 15.2. The third-order valence-electron chi connectivity index (χ3n) is 4.18. The van der Waals surface area contributed by atoms with Gasteiger partial charge in [-0.1, -0.05) is 6.07 Å². The van der Waals surface area contributed by atoms with Crippen molar-refractivity contribution in [2.24, 2.45) is 0 Å². The number of carbonyl (C=O) groups excluding carboxylic acids is 3. The molecule has 0 spiro atoms. The summed E-state index contributed by atoms with van der Waals surface area (Å²) in [6.45, 7) is 3.65. The van der Waals surface area contributed by atoms with Gasteiger partial charge in [-0.05, 0) is 106 Å². The number of hydrogen-bond donors (Lipinski definition) is 1. The number of nitrogens with zero attached hydrogens (tertiary/aromatic N) is 2. The number of carbonyl (C=O) groups is 3. The molecule has 0 atom stereocenters. The van der Waals surface area contributed by atoms with Crippen molar-refractivity contribution in [3.63, 3.8) is 0 Å². The Morgan fingerprint density at radius 1 is 1.07 bits per heavy atom. The van der Waals surface area contributed by atoms with Gasteiger partial charge in [0.15, 0.2) is 6.61 Å². The molecule has 0 radical (unpaired) electrons. The monoisotopic (exact) mass is 627 g/mol. The summed E-state index contributed by atoms with van der Waals surface area (Å²) in [6.07, 6.45) is 1.44. The van der Waals surface area contributed by atoms with E-state index in [2.05, 4.69) is 50.5 Å². The van der Waals surface area contributed by atoms with E-state index in [1.165, 1.54) is 6.08 Å². The number of barbiturate groups is 1. The third kappa shape index (κ3) is 4.65. The first-order chi connectivity index (χ1) is 14.2. The number of halogens is 2. The molecule has 3 rings (SSSR count). The largest absolute Gasteiger partial charge is 0.477 e. The lowest BCUT2D eigenvalue weighted by molar-refractivity contribution is -0.122. The first-order valence-electron chi connectivity index (χ1n) is 8.70. The van der Waals surface area contributed by atoms with Gasteiger partial charge < -0.3 is 4.74 Å². The Balaban J connectivity index is 2.02. The van der Waals surface area contributed by atoms with Crippen LogP contribution in [-0.4, -0.2) is 24.5 Å². The molecule has 2 aromatic carbocycles. The number of anilines is 1. The summed E-state index contributed by atoms with van der Waals surface area (Å²) in [4.78, 5) is 38.8. The van der Waals surface area contributed by atoms with Crippen molar-refractivity contribution >= 4 is 74.8 Å². The fourth-order valence-electron chi connectivity index (χ4n) is 3.04. The van der Waals surface area contributed by atoms with Crippen LogP contribution in [0.3, 0.4) is 0 Å². The number of amides is 4. The Hall–Kier alpha value is -2.46. The number of rotatable bonds is 4. The van der Waals surface area contributed by atoms with E-state index in [1.807, 2.05) is 26.0 Å². The van der Waals surface area contributed by atoms with Gasteiger partial charge in [-0.3, -0.25) is 14.9 Å². The second-order valence-corrected chi connectivity index (χ2v) is 8.89. The molecular weight excluding hydrogens is 612 g/mol. The predicted molar refractivity (Wildman–Crippen MR) is 128 cm³/mol. The maximum Gasteiger partial charge on any atom is 0.335 e. The SMILES string of the molecule is Cc1cc(C)cc(N2C(=O)NC(=O)/C(=C\c3cc(I)c(OCC#N)c(I)c3)C2=O)c1. The summed E-state index contributed by atoms with van der Waals surface area (Å²) >= 11 is 4.12. The van der Waals surface area contributed by atoms with Gasteiger partial charge in [0.25, 0.3) is 11.8 Å². The Labute approximate surface area is 200 Å². The first-order valence-corrected chi connectivity index (χ1v) is 10.9. The second kappa shape index (κ2) is 9.13. The summed E-state index contributed by atoms with van der Waals surface area (Å²) in [5.41, 5.74) is 2.64. The van der Waals surface area contributed by atoms with Crippen molar-refractivity contribution in [2.45, 2.75) is 13.8 Å². The topological polar surface area (TPSA) is 99.5 Å². The minimum atomic E-state index is -0.781. The number of nitriles is 1. The van der Waals surface area contributed by atoms with E-state index in [4.69, 9.17) is 10.00 Å². The number of benzene rings is 2. The van der Waals surface area contributed by atoms with E-state index < -0.39 is 17.8 Å². The van der Waals surface area contributed by atoms with Crippen LogP contribution in [0.4, 0.5) is 10.5 Å². The first kappa shape index (κ1) is 22.2. The number of hydrogen-bond acceptors (Lipinski definition) is 5. The van der Waals surface area contributed by atoms with E-state index in [0.29, 0.717) is 17.0 Å². The molecule has 1 N–H and O–H groups in total. The number of imide groups is 2. The highest BCUT2D eigenvalue weighted by molar-refractivity contribution is 14.1. The molecule has 9 heteroatoms. The molecule has 1 heterocycles. The Morgan fingerprint density at radius 2 is 1.67 bits per heavy atom. The second-order valence-electron chi connectivity index (χ2n) is 6.56. The summed E-state index contributed by atoms with van der Waals surface area (Å²) in [5, 5.41) is 10.9. The van der Waals surface area contributed by atoms with Crippen LogP contribution in [0.25, 0.3) is 6.08 Å². The number of ether oxygens (including phenoxy) is 1. The highest BCUT2D eigenvalue weighted by atomic mass is 127. The maximum absolute atomic E-state index is 13.1. The fourth-order valence-corrected chi connectivity index (χ4v) is 5.17. The zero-order valence-electron chi connectivity index (χ0n) is 16.0. The summed E-state index contributed by atoms with van der Waals surface area (Å²) < 4.78 is 6.88. The molecule has 1 fully saturated rings. The molecule has 1 aliphatic heterocycles. The average Bonchev–Trinajstić information content (AvgIpc) is 2.63. The smallest absolute Gasteiger partial charge is 0.335 e. The van der Waals surface area contributed by atoms with Gasteiger partial charge in [-0.2, -0.15) is 5.26 Å². The van der Waals surface area contributed by atoms with E-state index in [9.17, 15) is 14.4 Å². The predicted octanol–water partition coefficient (Wildman–Crippen LogP) is 4.08. The molecule has 7 nitrogen and oxygen atoms in total. The van der Waals surface area contributed by atoms with Gasteiger partial charge in [-0.15, -0.1) is 0 Å². The van der Waals surface area contributed by atoms with Crippen LogP contribution in [0.2, 0.25) is 0 Å². The molecule has 0 aliphatic carbocycles. The summed E-state index contributed by atoms with van der Waals surface area (Å²) in [5.74, 6) is -0.879. The molecular formula is C21H15I2N3O4. The van der Waals surface area contributed by atoms with Crippen LogP contribution in [0.1, 0.15) is 16.7 Å². The zero-order chi connectivity index (χ0) is 22.0. The van der Waals surface area contributed by atoms with Crippen LogP contribution in [-0.2, 0) is 9.59 Å². The lowest BCUT2D eigenvalue weighted by Gasteiger charge is -2.27. The molecule has 4 amide bonds. The highest BCUT2D eigenvalue weighted by Gasteiger charge is 2.37. The highest BCUT2D eigenvalue weighted by Crippen LogP contribution is 2.31. The van der Waals surface area contributed by atoms with E-state index in [-0.39, 0.29) is 12.2 Å². The molecule has 0 unspecified atom stereocenters. The summed E-state index contributed by atoms with van der Waals surface area (Å²) in [6, 6.07) is 9.97. The molecule has 30 heavy (non-hydrogen) atoms. The number of urea groups is 1. The van der Waals surface area contributed by atoms with Crippen molar-refractivity contribution in [3.8, 4) is 11.8 Å². The van der Waals surface area contributed by atoms with Crippen LogP contribution in [0, 0.1) is 32.3 Å². The molecule has 1 saturated heterocycles. The minimum Gasteiger partial charge on any atom is -0.477 e. The Morgan fingerprint density at radius 3 is 2.23 bits per heavy atom. The van der Waals surface area contributed by atoms with Crippen LogP contribution >= 0.6 is 45.2 Å². The van der Waals surface area contributed by atoms with Crippen molar-refractivity contribution < 1.29 is 19.1 Å². The number of aryl methyl sites for hydroxylation is 2. The Kier molecular flexibility index (Phi) is 6.77. The Bertz CT molecular complexity index is 1110. The molecule has 0 saturated carbocycles. The number of nitrogens with one attached hydrogen (secondary N) is 1.